The van der Waals surface area contributed by atoms with Crippen LogP contribution in [0.4, 0.5) is 0 Å². The van der Waals surface area contributed by atoms with Crippen LogP contribution in [0.2, 0.25) is 0 Å². The van der Waals surface area contributed by atoms with Gasteiger partial charge in [0.1, 0.15) is 15.7 Å². The molecule has 0 saturated carbocycles. The second-order valence-electron chi connectivity index (χ2n) is 6.62. The lowest BCUT2D eigenvalue weighted by Gasteiger charge is -2.18. The molecule has 29 heavy (non-hydrogen) atoms. The van der Waals surface area contributed by atoms with Crippen LogP contribution in [0.3, 0.4) is 0 Å². The van der Waals surface area contributed by atoms with Crippen LogP contribution >= 0.6 is 11.3 Å². The molecular formula is C20H26N4O3S2. The minimum absolute atomic E-state index is 0.296. The van der Waals surface area contributed by atoms with Gasteiger partial charge in [0.2, 0.25) is 10.0 Å². The van der Waals surface area contributed by atoms with Crippen LogP contribution in [0, 0.1) is 13.8 Å². The zero-order valence-corrected chi connectivity index (χ0v) is 19.0. The first-order valence-corrected chi connectivity index (χ1v) is 11.8. The second-order valence-corrected chi connectivity index (χ2v) is 9.36. The van der Waals surface area contributed by atoms with Crippen LogP contribution in [0.15, 0.2) is 34.5 Å². The minimum atomic E-state index is -3.56. The Morgan fingerprint density at radius 3 is 2.59 bits per heavy atom. The fraction of sp³-hybridized carbons (Fsp3) is 0.400. The molecule has 0 radical (unpaired) electrons. The van der Waals surface area contributed by atoms with Gasteiger partial charge in [0.05, 0.1) is 30.7 Å². The van der Waals surface area contributed by atoms with Crippen molar-refractivity contribution >= 4 is 21.4 Å². The van der Waals surface area contributed by atoms with E-state index in [1.54, 1.807) is 37.0 Å². The Morgan fingerprint density at radius 1 is 1.21 bits per heavy atom. The average Bonchev–Trinajstić information content (AvgIpc) is 3.27. The van der Waals surface area contributed by atoms with E-state index in [1.165, 1.54) is 4.31 Å². The van der Waals surface area contributed by atoms with E-state index in [0.717, 1.165) is 22.0 Å². The number of hydrogen-bond acceptors (Lipinski definition) is 6. The van der Waals surface area contributed by atoms with Gasteiger partial charge in [-0.2, -0.15) is 9.40 Å². The zero-order valence-electron chi connectivity index (χ0n) is 17.3. The maximum Gasteiger partial charge on any atom is 0.246 e. The Bertz CT molecular complexity index is 1100. The van der Waals surface area contributed by atoms with E-state index in [1.807, 2.05) is 43.5 Å². The molecular weight excluding hydrogens is 408 g/mol. The second kappa shape index (κ2) is 8.64. The van der Waals surface area contributed by atoms with Crippen molar-refractivity contribution < 1.29 is 13.2 Å². The number of aryl methyl sites for hydroxylation is 1. The molecule has 2 heterocycles. The molecule has 0 bridgehead atoms. The Labute approximate surface area is 176 Å². The molecule has 0 aliphatic rings. The third-order valence-electron chi connectivity index (χ3n) is 4.80. The highest BCUT2D eigenvalue weighted by molar-refractivity contribution is 7.89. The maximum atomic E-state index is 13.0. The Hall–Kier alpha value is -2.23. The number of nitrogens with zero attached hydrogens (tertiary/aromatic N) is 4. The quantitative estimate of drug-likeness (QED) is 0.540. The Morgan fingerprint density at radius 2 is 1.93 bits per heavy atom. The monoisotopic (exact) mass is 434 g/mol. The number of thiazole rings is 1. The van der Waals surface area contributed by atoms with Crippen molar-refractivity contribution in [1.82, 2.24) is 19.1 Å². The van der Waals surface area contributed by atoms with E-state index >= 15 is 0 Å². The number of aromatic nitrogens is 3. The number of benzene rings is 1. The van der Waals surface area contributed by atoms with Gasteiger partial charge in [-0.3, -0.25) is 4.68 Å². The van der Waals surface area contributed by atoms with Crippen LogP contribution in [-0.2, 0) is 16.6 Å². The summed E-state index contributed by atoms with van der Waals surface area (Å²) in [5, 5.41) is 7.35. The lowest BCUT2D eigenvalue weighted by atomic mass is 10.2. The number of sulfonamides is 1. The van der Waals surface area contributed by atoms with E-state index in [-0.39, 0.29) is 0 Å². The largest absolute Gasteiger partial charge is 0.497 e. The Kier molecular flexibility index (Phi) is 6.40. The third kappa shape index (κ3) is 4.22. The summed E-state index contributed by atoms with van der Waals surface area (Å²) in [5.74, 6) is 0.782. The molecule has 0 unspecified atom stereocenters. The van der Waals surface area contributed by atoms with Crippen molar-refractivity contribution in [1.29, 1.82) is 0 Å². The summed E-state index contributed by atoms with van der Waals surface area (Å²) in [6.07, 6.45) is 0. The molecule has 3 aromatic rings. The zero-order chi connectivity index (χ0) is 21.2. The predicted molar refractivity (Wildman–Crippen MR) is 115 cm³/mol. The van der Waals surface area contributed by atoms with E-state index < -0.39 is 10.0 Å². The van der Waals surface area contributed by atoms with Crippen LogP contribution in [0.5, 0.6) is 5.75 Å². The minimum Gasteiger partial charge on any atom is -0.497 e. The van der Waals surface area contributed by atoms with Gasteiger partial charge in [-0.05, 0) is 26.0 Å². The number of hydrogen-bond donors (Lipinski definition) is 0. The molecule has 0 fully saturated rings. The topological polar surface area (TPSA) is 77.3 Å². The van der Waals surface area contributed by atoms with Gasteiger partial charge in [0.15, 0.2) is 0 Å². The number of methoxy groups -OCH3 is 1. The molecule has 0 N–H and O–H groups in total. The highest BCUT2D eigenvalue weighted by atomic mass is 32.2. The molecule has 0 aliphatic heterocycles. The van der Waals surface area contributed by atoms with Gasteiger partial charge in [0, 0.05) is 24.0 Å². The molecule has 7 nitrogen and oxygen atoms in total. The normalized spacial score (nSPS) is 11.9. The summed E-state index contributed by atoms with van der Waals surface area (Å²) in [6, 6.07) is 7.76. The summed E-state index contributed by atoms with van der Waals surface area (Å²) in [6.45, 7) is 8.49. The van der Waals surface area contributed by atoms with Crippen molar-refractivity contribution in [2.24, 2.45) is 0 Å². The lowest BCUT2D eigenvalue weighted by Crippen LogP contribution is -2.31. The van der Waals surface area contributed by atoms with E-state index in [2.05, 4.69) is 5.10 Å². The first kappa shape index (κ1) is 21.5. The summed E-state index contributed by atoms with van der Waals surface area (Å²) in [5.41, 5.74) is 2.96. The van der Waals surface area contributed by atoms with Gasteiger partial charge in [-0.15, -0.1) is 11.3 Å². The van der Waals surface area contributed by atoms with Gasteiger partial charge in [-0.1, -0.05) is 26.0 Å². The first-order valence-electron chi connectivity index (χ1n) is 9.44. The standard InChI is InChI=1S/C20H26N4O3S2/c1-6-23(7-2)29(25,26)19-14(3)22-24(15(19)4)12-17-13-28-20(21-17)16-9-8-10-18(11-16)27-5/h8-11,13H,6-7,12H2,1-5H3. The molecule has 2 aromatic heterocycles. The summed E-state index contributed by atoms with van der Waals surface area (Å²) >= 11 is 1.54. The van der Waals surface area contributed by atoms with E-state index in [4.69, 9.17) is 9.72 Å². The lowest BCUT2D eigenvalue weighted by molar-refractivity contribution is 0.415. The number of rotatable bonds is 8. The molecule has 0 atom stereocenters. The van der Waals surface area contributed by atoms with Crippen LogP contribution in [-0.4, -0.2) is 47.7 Å². The number of ether oxygens (including phenoxy) is 1. The molecule has 156 valence electrons. The molecule has 0 aliphatic carbocycles. The SMILES string of the molecule is CCN(CC)S(=O)(=O)c1c(C)nn(Cc2csc(-c3cccc(OC)c3)n2)c1C. The molecule has 0 spiro atoms. The summed E-state index contributed by atoms with van der Waals surface area (Å²) in [7, 11) is -1.92. The van der Waals surface area contributed by atoms with E-state index in [0.29, 0.717) is 35.9 Å². The fourth-order valence-corrected chi connectivity index (χ4v) is 5.96. The highest BCUT2D eigenvalue weighted by Gasteiger charge is 2.29. The van der Waals surface area contributed by atoms with Crippen molar-refractivity contribution in [2.75, 3.05) is 20.2 Å². The van der Waals surface area contributed by atoms with Crippen LogP contribution in [0.25, 0.3) is 10.6 Å². The Balaban J connectivity index is 1.90. The van der Waals surface area contributed by atoms with Crippen molar-refractivity contribution in [2.45, 2.75) is 39.1 Å². The molecule has 0 saturated heterocycles. The van der Waals surface area contributed by atoms with Crippen LogP contribution < -0.4 is 4.74 Å². The highest BCUT2D eigenvalue weighted by Crippen LogP contribution is 2.28. The van der Waals surface area contributed by atoms with Crippen molar-refractivity contribution in [3.8, 4) is 16.3 Å². The van der Waals surface area contributed by atoms with Gasteiger partial charge in [-0.25, -0.2) is 13.4 Å². The van der Waals surface area contributed by atoms with Crippen molar-refractivity contribution in [3.05, 3.63) is 46.7 Å². The molecule has 9 heteroatoms. The smallest absolute Gasteiger partial charge is 0.246 e. The maximum absolute atomic E-state index is 13.0. The molecule has 0 amide bonds. The molecule has 1 aromatic carbocycles. The van der Waals surface area contributed by atoms with Gasteiger partial charge in [0.25, 0.3) is 0 Å². The average molecular weight is 435 g/mol. The van der Waals surface area contributed by atoms with E-state index in [9.17, 15) is 8.42 Å². The first-order chi connectivity index (χ1) is 13.8. The fourth-order valence-electron chi connectivity index (χ4n) is 3.32. The summed E-state index contributed by atoms with van der Waals surface area (Å²) in [4.78, 5) is 5.00. The molecule has 3 rings (SSSR count). The van der Waals surface area contributed by atoms with Crippen molar-refractivity contribution in [3.63, 3.8) is 0 Å². The summed E-state index contributed by atoms with van der Waals surface area (Å²) < 4.78 is 34.5. The van der Waals surface area contributed by atoms with Crippen LogP contribution in [0.1, 0.15) is 30.9 Å². The van der Waals surface area contributed by atoms with Gasteiger partial charge >= 0.3 is 0 Å². The van der Waals surface area contributed by atoms with Gasteiger partial charge < -0.3 is 4.74 Å². The predicted octanol–water partition coefficient (Wildman–Crippen LogP) is 3.71. The third-order valence-corrected chi connectivity index (χ3v) is 8.04.